The van der Waals surface area contributed by atoms with Crippen molar-refractivity contribution in [1.29, 1.82) is 0 Å². The molecule has 1 N–H and O–H groups in total. The molecule has 0 saturated heterocycles. The molecular weight excluding hydrogens is 396 g/mol. The second-order valence-electron chi connectivity index (χ2n) is 7.84. The van der Waals surface area contributed by atoms with E-state index in [4.69, 9.17) is 4.74 Å². The Kier molecular flexibility index (Phi) is 6.79. The van der Waals surface area contributed by atoms with Gasteiger partial charge >= 0.3 is 5.97 Å². The Morgan fingerprint density at radius 1 is 1.03 bits per heavy atom. The van der Waals surface area contributed by atoms with E-state index in [-0.39, 0.29) is 11.3 Å². The number of nitrogens with zero attached hydrogens (tertiary/aromatic N) is 1. The van der Waals surface area contributed by atoms with Crippen LogP contribution in [0, 0.1) is 0 Å². The molecular formula is C24H24N2O3S. The average molecular weight is 421 g/mol. The van der Waals surface area contributed by atoms with Crippen LogP contribution in [0.3, 0.4) is 0 Å². The van der Waals surface area contributed by atoms with E-state index in [1.165, 1.54) is 11.3 Å². The van der Waals surface area contributed by atoms with Crippen LogP contribution in [0.4, 0.5) is 0 Å². The van der Waals surface area contributed by atoms with Crippen molar-refractivity contribution in [3.8, 4) is 5.75 Å². The first kappa shape index (κ1) is 21.5. The van der Waals surface area contributed by atoms with Crippen molar-refractivity contribution >= 4 is 29.4 Å². The maximum atomic E-state index is 12.3. The van der Waals surface area contributed by atoms with E-state index in [1.54, 1.807) is 42.6 Å². The summed E-state index contributed by atoms with van der Waals surface area (Å²) in [5, 5.41) is 5.89. The van der Waals surface area contributed by atoms with E-state index >= 15 is 0 Å². The Morgan fingerprint density at radius 3 is 2.33 bits per heavy atom. The molecule has 2 aromatic carbocycles. The molecule has 154 valence electrons. The molecule has 3 aromatic rings. The number of hydrazone groups is 1. The second-order valence-corrected chi connectivity index (χ2v) is 8.87. The van der Waals surface area contributed by atoms with Gasteiger partial charge in [-0.1, -0.05) is 39.0 Å². The average Bonchev–Trinajstić information content (AvgIpc) is 3.21. The van der Waals surface area contributed by atoms with Gasteiger partial charge in [0.2, 0.25) is 5.91 Å². The number of carbonyl (C=O) groups is 2. The molecule has 6 heteroatoms. The molecule has 0 saturated carbocycles. The zero-order valence-electron chi connectivity index (χ0n) is 17.2. The van der Waals surface area contributed by atoms with Crippen LogP contribution in [0.25, 0.3) is 0 Å². The third-order valence-corrected chi connectivity index (χ3v) is 5.27. The van der Waals surface area contributed by atoms with Crippen molar-refractivity contribution in [1.82, 2.24) is 5.43 Å². The fourth-order valence-electron chi connectivity index (χ4n) is 2.68. The summed E-state index contributed by atoms with van der Waals surface area (Å²) in [5.41, 5.74) is 4.97. The van der Waals surface area contributed by atoms with Gasteiger partial charge in [0.05, 0.1) is 18.2 Å². The van der Waals surface area contributed by atoms with Crippen LogP contribution in [0.1, 0.15) is 47.1 Å². The quantitative estimate of drug-likeness (QED) is 0.265. The number of amides is 1. The minimum atomic E-state index is -0.405. The topological polar surface area (TPSA) is 67.8 Å². The summed E-state index contributed by atoms with van der Waals surface area (Å²) in [6, 6.07) is 18.2. The zero-order chi connectivity index (χ0) is 21.6. The van der Waals surface area contributed by atoms with Gasteiger partial charge in [0.25, 0.3) is 0 Å². The first-order chi connectivity index (χ1) is 14.3. The van der Waals surface area contributed by atoms with Crippen molar-refractivity contribution in [3.05, 3.63) is 87.6 Å². The molecule has 0 aliphatic rings. The second kappa shape index (κ2) is 9.50. The lowest BCUT2D eigenvalue weighted by atomic mass is 9.87. The van der Waals surface area contributed by atoms with Gasteiger partial charge in [-0.15, -0.1) is 11.3 Å². The molecule has 30 heavy (non-hydrogen) atoms. The summed E-state index contributed by atoms with van der Waals surface area (Å²) in [6.45, 7) is 6.38. The number of nitrogens with one attached hydrogen (secondary N) is 1. The van der Waals surface area contributed by atoms with Crippen LogP contribution in [0.2, 0.25) is 0 Å². The van der Waals surface area contributed by atoms with E-state index in [0.717, 1.165) is 16.0 Å². The number of rotatable bonds is 6. The van der Waals surface area contributed by atoms with Crippen molar-refractivity contribution in [2.24, 2.45) is 5.10 Å². The van der Waals surface area contributed by atoms with Crippen molar-refractivity contribution in [2.45, 2.75) is 32.6 Å². The largest absolute Gasteiger partial charge is 0.423 e. The van der Waals surface area contributed by atoms with E-state index in [2.05, 4.69) is 31.3 Å². The number of esters is 1. The van der Waals surface area contributed by atoms with E-state index in [9.17, 15) is 9.59 Å². The minimum Gasteiger partial charge on any atom is -0.423 e. The standard InChI is InChI=1S/C24H24N2O3S/c1-24(2,3)19-10-8-18(9-11-19)23(28)29-20-12-6-17(7-13-20)16-25-26-22(27)15-21-5-4-14-30-21/h4-14,16H,15H2,1-3H3,(H,26,27)/b25-16-. The molecule has 0 fully saturated rings. The Labute approximate surface area is 180 Å². The van der Waals surface area contributed by atoms with Crippen LogP contribution in [0.5, 0.6) is 5.75 Å². The summed E-state index contributed by atoms with van der Waals surface area (Å²) in [4.78, 5) is 25.1. The van der Waals surface area contributed by atoms with Gasteiger partial charge in [-0.05, 0) is 64.4 Å². The van der Waals surface area contributed by atoms with Gasteiger partial charge in [0, 0.05) is 4.88 Å². The molecule has 0 unspecified atom stereocenters. The highest BCUT2D eigenvalue weighted by Gasteiger charge is 2.15. The molecule has 0 radical (unpaired) electrons. The Hall–Kier alpha value is -3.25. The first-order valence-corrected chi connectivity index (χ1v) is 10.5. The van der Waals surface area contributed by atoms with Gasteiger partial charge in [-0.3, -0.25) is 4.79 Å². The third-order valence-electron chi connectivity index (χ3n) is 4.40. The molecule has 0 atom stereocenters. The molecule has 3 rings (SSSR count). The number of thiophene rings is 1. The fourth-order valence-corrected chi connectivity index (χ4v) is 3.39. The van der Waals surface area contributed by atoms with Gasteiger partial charge < -0.3 is 4.74 Å². The molecule has 5 nitrogen and oxygen atoms in total. The molecule has 1 aromatic heterocycles. The Morgan fingerprint density at radius 2 is 1.73 bits per heavy atom. The van der Waals surface area contributed by atoms with Crippen molar-refractivity contribution in [2.75, 3.05) is 0 Å². The maximum Gasteiger partial charge on any atom is 0.343 e. The van der Waals surface area contributed by atoms with Crippen molar-refractivity contribution in [3.63, 3.8) is 0 Å². The molecule has 1 amide bonds. The molecule has 0 aliphatic carbocycles. The number of hydrogen-bond acceptors (Lipinski definition) is 5. The monoisotopic (exact) mass is 420 g/mol. The molecule has 0 bridgehead atoms. The SMILES string of the molecule is CC(C)(C)c1ccc(C(=O)Oc2ccc(/C=N\NC(=O)Cc3cccs3)cc2)cc1. The Balaban J connectivity index is 1.52. The highest BCUT2D eigenvalue weighted by Crippen LogP contribution is 2.22. The summed E-state index contributed by atoms with van der Waals surface area (Å²) in [6.07, 6.45) is 1.85. The van der Waals surface area contributed by atoms with E-state index in [0.29, 0.717) is 17.7 Å². The number of benzene rings is 2. The van der Waals surface area contributed by atoms with E-state index in [1.807, 2.05) is 29.6 Å². The van der Waals surface area contributed by atoms with Gasteiger partial charge in [-0.2, -0.15) is 5.10 Å². The first-order valence-electron chi connectivity index (χ1n) is 9.58. The van der Waals surface area contributed by atoms with Crippen molar-refractivity contribution < 1.29 is 14.3 Å². The van der Waals surface area contributed by atoms with Crippen LogP contribution in [0.15, 0.2) is 71.1 Å². The highest BCUT2D eigenvalue weighted by atomic mass is 32.1. The number of carbonyl (C=O) groups excluding carboxylic acids is 2. The summed E-state index contributed by atoms with van der Waals surface area (Å²) in [7, 11) is 0. The zero-order valence-corrected chi connectivity index (χ0v) is 18.0. The predicted octanol–water partition coefficient (Wildman–Crippen LogP) is 4.96. The molecule has 0 aliphatic heterocycles. The number of hydrogen-bond donors (Lipinski definition) is 1. The third kappa shape index (κ3) is 6.12. The normalized spacial score (nSPS) is 11.4. The minimum absolute atomic E-state index is 0.0310. The maximum absolute atomic E-state index is 12.3. The summed E-state index contributed by atoms with van der Waals surface area (Å²) >= 11 is 1.53. The predicted molar refractivity (Wildman–Crippen MR) is 120 cm³/mol. The van der Waals surface area contributed by atoms with Gasteiger partial charge in [0.1, 0.15) is 5.75 Å². The molecule has 1 heterocycles. The van der Waals surface area contributed by atoms with E-state index < -0.39 is 5.97 Å². The van der Waals surface area contributed by atoms with Gasteiger partial charge in [-0.25, -0.2) is 10.2 Å². The smallest absolute Gasteiger partial charge is 0.343 e. The summed E-state index contributed by atoms with van der Waals surface area (Å²) in [5.74, 6) is -0.131. The lowest BCUT2D eigenvalue weighted by Gasteiger charge is -2.18. The highest BCUT2D eigenvalue weighted by molar-refractivity contribution is 7.10. The number of ether oxygens (including phenoxy) is 1. The lowest BCUT2D eigenvalue weighted by molar-refractivity contribution is -0.120. The fraction of sp³-hybridized carbons (Fsp3) is 0.208. The Bertz CT molecular complexity index is 1020. The lowest BCUT2D eigenvalue weighted by Crippen LogP contribution is -2.19. The van der Waals surface area contributed by atoms with Crippen LogP contribution < -0.4 is 10.2 Å². The van der Waals surface area contributed by atoms with Crippen LogP contribution in [-0.4, -0.2) is 18.1 Å². The molecule has 0 spiro atoms. The van der Waals surface area contributed by atoms with Crippen LogP contribution >= 0.6 is 11.3 Å². The van der Waals surface area contributed by atoms with Crippen LogP contribution in [-0.2, 0) is 16.6 Å². The van der Waals surface area contributed by atoms with Gasteiger partial charge in [0.15, 0.2) is 0 Å². The summed E-state index contributed by atoms with van der Waals surface area (Å²) < 4.78 is 5.43.